The molecule has 4 nitrogen and oxygen atoms in total. The highest BCUT2D eigenvalue weighted by molar-refractivity contribution is 5.89. The van der Waals surface area contributed by atoms with Gasteiger partial charge in [0.15, 0.2) is 6.61 Å². The number of benzene rings is 2. The number of nitrogens with one attached hydrogen (secondary N) is 2. The van der Waals surface area contributed by atoms with Crippen LogP contribution in [0.2, 0.25) is 0 Å². The number of anilines is 1. The SMILES string of the molecule is O=C(NCc1ccc(OCC(F)(F)F)cc1)Nc1ccccc1F. The Morgan fingerprint density at radius 3 is 2.33 bits per heavy atom. The molecule has 0 aromatic heterocycles. The number of alkyl halides is 3. The molecule has 0 aliphatic heterocycles. The molecular weight excluding hydrogens is 328 g/mol. The molecule has 0 spiro atoms. The van der Waals surface area contributed by atoms with Gasteiger partial charge in [-0.15, -0.1) is 0 Å². The largest absolute Gasteiger partial charge is 0.484 e. The van der Waals surface area contributed by atoms with Gasteiger partial charge >= 0.3 is 12.2 Å². The number of halogens is 4. The molecule has 0 radical (unpaired) electrons. The van der Waals surface area contributed by atoms with Crippen molar-refractivity contribution in [2.24, 2.45) is 0 Å². The molecule has 128 valence electrons. The molecule has 0 heterocycles. The van der Waals surface area contributed by atoms with Crippen LogP contribution in [0, 0.1) is 5.82 Å². The van der Waals surface area contributed by atoms with Crippen LogP contribution in [0.3, 0.4) is 0 Å². The van der Waals surface area contributed by atoms with Gasteiger partial charge in [-0.1, -0.05) is 24.3 Å². The van der Waals surface area contributed by atoms with Gasteiger partial charge in [0.2, 0.25) is 0 Å². The number of hydrogen-bond acceptors (Lipinski definition) is 2. The minimum absolute atomic E-state index is 0.0471. The lowest BCUT2D eigenvalue weighted by Crippen LogP contribution is -2.28. The molecule has 2 amide bonds. The predicted octanol–water partition coefficient (Wildman–Crippen LogP) is 4.09. The monoisotopic (exact) mass is 342 g/mol. The van der Waals surface area contributed by atoms with Crippen molar-refractivity contribution >= 4 is 11.7 Å². The van der Waals surface area contributed by atoms with E-state index in [1.807, 2.05) is 0 Å². The number of amides is 2. The fourth-order valence-electron chi connectivity index (χ4n) is 1.78. The second-order valence-electron chi connectivity index (χ2n) is 4.84. The summed E-state index contributed by atoms with van der Waals surface area (Å²) in [6.45, 7) is -1.24. The first-order chi connectivity index (χ1) is 11.3. The molecule has 0 bridgehead atoms. The van der Waals surface area contributed by atoms with Gasteiger partial charge in [0.25, 0.3) is 0 Å². The quantitative estimate of drug-likeness (QED) is 0.804. The normalized spacial score (nSPS) is 11.0. The standard InChI is InChI=1S/C16H14F4N2O2/c17-13-3-1-2-4-14(13)22-15(23)21-9-11-5-7-12(8-6-11)24-10-16(18,19)20/h1-8H,9-10H2,(H2,21,22,23). The lowest BCUT2D eigenvalue weighted by molar-refractivity contribution is -0.153. The summed E-state index contributed by atoms with van der Waals surface area (Å²) < 4.78 is 54.0. The maximum absolute atomic E-state index is 13.4. The molecule has 0 aliphatic rings. The van der Waals surface area contributed by atoms with Gasteiger partial charge in [-0.3, -0.25) is 0 Å². The minimum Gasteiger partial charge on any atom is -0.484 e. The number of carbonyl (C=O) groups is 1. The molecule has 2 aromatic rings. The lowest BCUT2D eigenvalue weighted by atomic mass is 10.2. The summed E-state index contributed by atoms with van der Waals surface area (Å²) in [6.07, 6.45) is -4.40. The van der Waals surface area contributed by atoms with Gasteiger partial charge in [0.05, 0.1) is 5.69 Å². The number of para-hydroxylation sites is 1. The van der Waals surface area contributed by atoms with Gasteiger partial charge in [0.1, 0.15) is 11.6 Å². The van der Waals surface area contributed by atoms with Crippen molar-refractivity contribution in [3.8, 4) is 5.75 Å². The van der Waals surface area contributed by atoms with Gasteiger partial charge in [-0.2, -0.15) is 13.2 Å². The third kappa shape index (κ3) is 5.79. The number of rotatable bonds is 5. The van der Waals surface area contributed by atoms with E-state index in [1.54, 1.807) is 6.07 Å². The lowest BCUT2D eigenvalue weighted by Gasteiger charge is -2.10. The van der Waals surface area contributed by atoms with Crippen LogP contribution in [0.15, 0.2) is 48.5 Å². The number of hydrogen-bond donors (Lipinski definition) is 2. The molecule has 0 saturated heterocycles. The van der Waals surface area contributed by atoms with Crippen molar-refractivity contribution < 1.29 is 27.1 Å². The predicted molar refractivity (Wildman–Crippen MR) is 80.3 cm³/mol. The van der Waals surface area contributed by atoms with Gasteiger partial charge in [-0.25, -0.2) is 9.18 Å². The van der Waals surface area contributed by atoms with Gasteiger partial charge < -0.3 is 15.4 Å². The van der Waals surface area contributed by atoms with Crippen molar-refractivity contribution in [1.29, 1.82) is 0 Å². The van der Waals surface area contributed by atoms with Gasteiger partial charge in [0, 0.05) is 6.54 Å². The van der Waals surface area contributed by atoms with E-state index in [2.05, 4.69) is 15.4 Å². The van der Waals surface area contributed by atoms with E-state index in [1.165, 1.54) is 42.5 Å². The summed E-state index contributed by atoms with van der Waals surface area (Å²) in [7, 11) is 0. The van der Waals surface area contributed by atoms with E-state index in [-0.39, 0.29) is 18.0 Å². The Hall–Kier alpha value is -2.77. The van der Waals surface area contributed by atoms with Crippen LogP contribution >= 0.6 is 0 Å². The van der Waals surface area contributed by atoms with Crippen LogP contribution < -0.4 is 15.4 Å². The number of urea groups is 1. The zero-order valence-electron chi connectivity index (χ0n) is 12.4. The van der Waals surface area contributed by atoms with Crippen LogP contribution in [0.5, 0.6) is 5.75 Å². The molecule has 0 saturated carbocycles. The highest BCUT2D eigenvalue weighted by Crippen LogP contribution is 2.19. The van der Waals surface area contributed by atoms with E-state index >= 15 is 0 Å². The average Bonchev–Trinajstić information content (AvgIpc) is 2.53. The highest BCUT2D eigenvalue weighted by atomic mass is 19.4. The first kappa shape index (κ1) is 17.6. The Morgan fingerprint density at radius 1 is 1.04 bits per heavy atom. The molecular formula is C16H14F4N2O2. The smallest absolute Gasteiger partial charge is 0.422 e. The van der Waals surface area contributed by atoms with Crippen LogP contribution in [0.4, 0.5) is 28.0 Å². The number of ether oxygens (including phenoxy) is 1. The topological polar surface area (TPSA) is 50.4 Å². The Kier molecular flexibility index (Phi) is 5.62. The Morgan fingerprint density at radius 2 is 1.71 bits per heavy atom. The van der Waals surface area contributed by atoms with Crippen LogP contribution in [-0.4, -0.2) is 18.8 Å². The first-order valence-electron chi connectivity index (χ1n) is 6.91. The molecule has 0 unspecified atom stereocenters. The van der Waals surface area contributed by atoms with Crippen molar-refractivity contribution in [2.75, 3.05) is 11.9 Å². The molecule has 2 N–H and O–H groups in total. The van der Waals surface area contributed by atoms with Crippen LogP contribution in [0.25, 0.3) is 0 Å². The average molecular weight is 342 g/mol. The van der Waals surface area contributed by atoms with E-state index in [4.69, 9.17) is 0 Å². The van der Waals surface area contributed by atoms with E-state index < -0.39 is 24.6 Å². The van der Waals surface area contributed by atoms with E-state index in [0.29, 0.717) is 5.56 Å². The summed E-state index contributed by atoms with van der Waals surface area (Å²) in [5.74, 6) is -0.481. The second-order valence-corrected chi connectivity index (χ2v) is 4.84. The van der Waals surface area contributed by atoms with Crippen molar-refractivity contribution in [2.45, 2.75) is 12.7 Å². The zero-order chi connectivity index (χ0) is 17.6. The van der Waals surface area contributed by atoms with Crippen LogP contribution in [-0.2, 0) is 6.54 Å². The highest BCUT2D eigenvalue weighted by Gasteiger charge is 2.28. The van der Waals surface area contributed by atoms with Crippen molar-refractivity contribution in [3.05, 3.63) is 59.9 Å². The Labute approximate surface area is 135 Å². The maximum atomic E-state index is 13.4. The van der Waals surface area contributed by atoms with Crippen LogP contribution in [0.1, 0.15) is 5.56 Å². The fraction of sp³-hybridized carbons (Fsp3) is 0.188. The minimum atomic E-state index is -4.40. The first-order valence-corrected chi connectivity index (χ1v) is 6.91. The number of carbonyl (C=O) groups excluding carboxylic acids is 1. The maximum Gasteiger partial charge on any atom is 0.422 e. The van der Waals surface area contributed by atoms with Crippen molar-refractivity contribution in [3.63, 3.8) is 0 Å². The summed E-state index contributed by atoms with van der Waals surface area (Å²) >= 11 is 0. The molecule has 8 heteroatoms. The summed E-state index contributed by atoms with van der Waals surface area (Å²) in [6, 6.07) is 10.9. The third-order valence-corrected chi connectivity index (χ3v) is 2.90. The molecule has 24 heavy (non-hydrogen) atoms. The summed E-state index contributed by atoms with van der Waals surface area (Å²) in [5.41, 5.74) is 0.698. The van der Waals surface area contributed by atoms with E-state index in [0.717, 1.165) is 0 Å². The van der Waals surface area contributed by atoms with Crippen molar-refractivity contribution in [1.82, 2.24) is 5.32 Å². The zero-order valence-corrected chi connectivity index (χ0v) is 12.4. The Bertz CT molecular complexity index is 687. The molecule has 0 fully saturated rings. The molecule has 2 rings (SSSR count). The summed E-state index contributed by atoms with van der Waals surface area (Å²) in [4.78, 5) is 11.7. The third-order valence-electron chi connectivity index (χ3n) is 2.90. The van der Waals surface area contributed by atoms with E-state index in [9.17, 15) is 22.4 Å². The second kappa shape index (κ2) is 7.67. The molecule has 2 aromatic carbocycles. The molecule has 0 atom stereocenters. The van der Waals surface area contributed by atoms with Gasteiger partial charge in [-0.05, 0) is 29.8 Å². The molecule has 0 aliphatic carbocycles. The summed E-state index contributed by atoms with van der Waals surface area (Å²) in [5, 5.41) is 4.87. The Balaban J connectivity index is 1.81. The fourth-order valence-corrected chi connectivity index (χ4v) is 1.78.